The number of rotatable bonds is 0. The fourth-order valence-corrected chi connectivity index (χ4v) is 0. The first-order valence-electron chi connectivity index (χ1n) is 6.82. The molecule has 0 aliphatic rings. The molecule has 5 heteroatoms. The molecule has 21 heavy (non-hydrogen) atoms. The van der Waals surface area contributed by atoms with E-state index in [4.69, 9.17) is 0 Å². The van der Waals surface area contributed by atoms with Gasteiger partial charge < -0.3 is 20.4 Å². The van der Waals surface area contributed by atoms with Crippen LogP contribution >= 0.6 is 0 Å². The first-order valence-corrected chi connectivity index (χ1v) is 6.82. The van der Waals surface area contributed by atoms with Crippen molar-refractivity contribution >= 4 is 11.0 Å². The first-order chi connectivity index (χ1) is 8.00. The van der Waals surface area contributed by atoms with Gasteiger partial charge in [0.15, 0.2) is 0 Å². The van der Waals surface area contributed by atoms with Gasteiger partial charge in [-0.15, -0.1) is 22.4 Å². The van der Waals surface area contributed by atoms with Crippen molar-refractivity contribution in [3.05, 3.63) is 0 Å². The standard InChI is InChI=1S/4C4H9O.Si/c4*1-4(2,3)5;/h4*1-3H3;/q4*-1;+4. The normalized spacial score (nSPS) is 11.4. The zero-order chi connectivity index (χ0) is 18.0. The molecule has 0 unspecified atom stereocenters. The van der Waals surface area contributed by atoms with E-state index in [9.17, 15) is 20.4 Å². The van der Waals surface area contributed by atoms with Crippen LogP contribution in [0.25, 0.3) is 0 Å². The van der Waals surface area contributed by atoms with Gasteiger partial charge in [0.1, 0.15) is 0 Å². The Labute approximate surface area is 137 Å². The van der Waals surface area contributed by atoms with E-state index >= 15 is 0 Å². The predicted molar refractivity (Wildman–Crippen MR) is 84.8 cm³/mol. The minimum atomic E-state index is -0.750. The molecule has 0 aromatic heterocycles. The van der Waals surface area contributed by atoms with Crippen LogP contribution in [0.15, 0.2) is 0 Å². The molecule has 0 rings (SSSR count). The summed E-state index contributed by atoms with van der Waals surface area (Å²) in [6, 6.07) is 0. The van der Waals surface area contributed by atoms with Gasteiger partial charge in [-0.2, -0.15) is 0 Å². The Kier molecular flexibility index (Phi) is 19.7. The molecule has 0 radical (unpaired) electrons. The van der Waals surface area contributed by atoms with Crippen LogP contribution < -0.4 is 20.4 Å². The summed E-state index contributed by atoms with van der Waals surface area (Å²) < 4.78 is 0. The zero-order valence-electron chi connectivity index (χ0n) is 16.1. The van der Waals surface area contributed by atoms with Gasteiger partial charge in [0.05, 0.1) is 0 Å². The average molecular weight is 321 g/mol. The molecule has 0 atom stereocenters. The zero-order valence-corrected chi connectivity index (χ0v) is 17.1. The summed E-state index contributed by atoms with van der Waals surface area (Å²) in [4.78, 5) is 0. The van der Waals surface area contributed by atoms with Crippen LogP contribution in [0.4, 0.5) is 0 Å². The Morgan fingerprint density at radius 3 is 0.333 bits per heavy atom. The monoisotopic (exact) mass is 320 g/mol. The van der Waals surface area contributed by atoms with Gasteiger partial charge in [-0.1, -0.05) is 83.1 Å². The third-order valence-electron chi connectivity index (χ3n) is 0. The molecule has 0 heterocycles. The Balaban J connectivity index is -0.0000000533. The van der Waals surface area contributed by atoms with E-state index in [0.29, 0.717) is 0 Å². The van der Waals surface area contributed by atoms with Crippen molar-refractivity contribution in [3.8, 4) is 0 Å². The molecule has 0 aliphatic heterocycles. The molecule has 0 amide bonds. The molecule has 128 valence electrons. The van der Waals surface area contributed by atoms with Crippen molar-refractivity contribution in [2.24, 2.45) is 0 Å². The summed E-state index contributed by atoms with van der Waals surface area (Å²) in [7, 11) is 0. The van der Waals surface area contributed by atoms with Crippen molar-refractivity contribution in [1.82, 2.24) is 0 Å². The Bertz CT molecular complexity index is 130. The smallest absolute Gasteiger partial charge is 0.850 e. The Hall–Kier alpha value is 0.0569. The van der Waals surface area contributed by atoms with Gasteiger partial charge >= 0.3 is 11.0 Å². The third kappa shape index (κ3) is 2020000. The molecule has 0 aliphatic carbocycles. The van der Waals surface area contributed by atoms with Crippen molar-refractivity contribution in [2.45, 2.75) is 105 Å². The predicted octanol–water partition coefficient (Wildman–Crippen LogP) is 0.200. The maximum Gasteiger partial charge on any atom is 4.00 e. The summed E-state index contributed by atoms with van der Waals surface area (Å²) in [6.45, 7) is 19.6. The van der Waals surface area contributed by atoms with E-state index in [1.807, 2.05) is 0 Å². The fourth-order valence-electron chi connectivity index (χ4n) is 0. The van der Waals surface area contributed by atoms with Crippen molar-refractivity contribution in [3.63, 3.8) is 0 Å². The summed E-state index contributed by atoms with van der Waals surface area (Å²) in [5.41, 5.74) is -3.00. The van der Waals surface area contributed by atoms with E-state index in [-0.39, 0.29) is 11.0 Å². The molecular weight excluding hydrogens is 284 g/mol. The molecule has 0 bridgehead atoms. The largest absolute Gasteiger partial charge is 4.00 e. The second kappa shape index (κ2) is 12.6. The van der Waals surface area contributed by atoms with Gasteiger partial charge in [-0.05, 0) is 0 Å². The van der Waals surface area contributed by atoms with Crippen LogP contribution in [0.3, 0.4) is 0 Å². The van der Waals surface area contributed by atoms with E-state index in [0.717, 1.165) is 0 Å². The molecule has 0 N–H and O–H groups in total. The Morgan fingerprint density at radius 1 is 0.333 bits per heavy atom. The molecule has 0 aromatic rings. The molecule has 0 fully saturated rings. The summed E-state index contributed by atoms with van der Waals surface area (Å²) in [6.07, 6.45) is 0. The van der Waals surface area contributed by atoms with Crippen molar-refractivity contribution < 1.29 is 20.4 Å². The molecule has 0 spiro atoms. The van der Waals surface area contributed by atoms with Crippen LogP contribution in [0.5, 0.6) is 0 Å². The van der Waals surface area contributed by atoms with Crippen molar-refractivity contribution in [2.75, 3.05) is 0 Å². The van der Waals surface area contributed by atoms with E-state index in [1.54, 1.807) is 83.1 Å². The summed E-state index contributed by atoms with van der Waals surface area (Å²) >= 11 is 0. The molecule has 4 nitrogen and oxygen atoms in total. The second-order valence-corrected chi connectivity index (χ2v) is 8.45. The number of hydrogen-bond donors (Lipinski definition) is 0. The summed E-state index contributed by atoms with van der Waals surface area (Å²) in [5, 5.41) is 40.4. The van der Waals surface area contributed by atoms with E-state index in [1.165, 1.54) is 0 Å². The van der Waals surface area contributed by atoms with Gasteiger partial charge in [0.25, 0.3) is 0 Å². The quantitative estimate of drug-likeness (QED) is 0.596. The van der Waals surface area contributed by atoms with Crippen LogP contribution in [-0.2, 0) is 0 Å². The molecule has 0 aromatic carbocycles. The minimum absolute atomic E-state index is 0. The minimum Gasteiger partial charge on any atom is -0.850 e. The van der Waals surface area contributed by atoms with Gasteiger partial charge in [-0.25, -0.2) is 0 Å². The van der Waals surface area contributed by atoms with Crippen LogP contribution in [0, 0.1) is 0 Å². The third-order valence-corrected chi connectivity index (χ3v) is 0. The maximum absolute atomic E-state index is 10.1. The number of hydrogen-bond acceptors (Lipinski definition) is 4. The molecule has 0 saturated carbocycles. The fraction of sp³-hybridized carbons (Fsp3) is 1.00. The van der Waals surface area contributed by atoms with Gasteiger partial charge in [0.2, 0.25) is 0 Å². The second-order valence-electron chi connectivity index (χ2n) is 8.45. The first kappa shape index (κ1) is 32.9. The van der Waals surface area contributed by atoms with Gasteiger partial charge in [0, 0.05) is 0 Å². The van der Waals surface area contributed by atoms with Crippen LogP contribution in [0.2, 0.25) is 0 Å². The Morgan fingerprint density at radius 2 is 0.333 bits per heavy atom. The van der Waals surface area contributed by atoms with Crippen LogP contribution in [0.1, 0.15) is 83.1 Å². The van der Waals surface area contributed by atoms with Crippen LogP contribution in [-0.4, -0.2) is 33.4 Å². The maximum atomic E-state index is 10.1. The molecular formula is C16H36O4Si. The molecule has 0 saturated heterocycles. The van der Waals surface area contributed by atoms with Gasteiger partial charge in [-0.3, -0.25) is 0 Å². The van der Waals surface area contributed by atoms with E-state index in [2.05, 4.69) is 0 Å². The summed E-state index contributed by atoms with van der Waals surface area (Å²) in [5.74, 6) is 0. The average Bonchev–Trinajstić information content (AvgIpc) is 1.62. The topological polar surface area (TPSA) is 92.2 Å². The SMILES string of the molecule is CC(C)(C)[O-].CC(C)(C)[O-].CC(C)(C)[O-].CC(C)(C)[O-].[Si+4]. The van der Waals surface area contributed by atoms with Crippen molar-refractivity contribution in [1.29, 1.82) is 0 Å². The van der Waals surface area contributed by atoms with E-state index < -0.39 is 22.4 Å².